The van der Waals surface area contributed by atoms with Gasteiger partial charge in [-0.05, 0) is 51.1 Å². The van der Waals surface area contributed by atoms with Crippen LogP contribution in [0.2, 0.25) is 5.31 Å². The van der Waals surface area contributed by atoms with Crippen LogP contribution in [0.25, 0.3) is 0 Å². The predicted molar refractivity (Wildman–Crippen MR) is 101 cm³/mol. The maximum absolute atomic E-state index is 6.50. The molecule has 0 aromatic rings. The van der Waals surface area contributed by atoms with Gasteiger partial charge in [-0.25, -0.2) is 0 Å². The van der Waals surface area contributed by atoms with Gasteiger partial charge in [0, 0.05) is 6.04 Å². The fraction of sp³-hybridized carbons (Fsp3) is 1.00. The lowest BCUT2D eigenvalue weighted by molar-refractivity contribution is 0.161. The van der Waals surface area contributed by atoms with Gasteiger partial charge in [0.1, 0.15) is 0 Å². The van der Waals surface area contributed by atoms with E-state index in [4.69, 9.17) is 7.85 Å². The van der Waals surface area contributed by atoms with E-state index in [-0.39, 0.29) is 5.31 Å². The van der Waals surface area contributed by atoms with Crippen LogP contribution < -0.4 is 0 Å². The fourth-order valence-corrected chi connectivity index (χ4v) is 4.07. The molecule has 1 nitrogen and oxygen atoms in total. The minimum absolute atomic E-state index is 0.0376. The number of unbranched alkanes of at least 4 members (excludes halogenated alkanes) is 1. The van der Waals surface area contributed by atoms with Crippen LogP contribution in [0.3, 0.4) is 0 Å². The Labute approximate surface area is 142 Å². The van der Waals surface area contributed by atoms with Crippen LogP contribution in [-0.2, 0) is 0 Å². The van der Waals surface area contributed by atoms with Crippen molar-refractivity contribution in [1.29, 1.82) is 0 Å². The Kier molecular flexibility index (Phi) is 9.13. The molecule has 0 saturated carbocycles. The van der Waals surface area contributed by atoms with Crippen molar-refractivity contribution < 1.29 is 0 Å². The van der Waals surface area contributed by atoms with E-state index >= 15 is 0 Å². The van der Waals surface area contributed by atoms with E-state index in [1.54, 1.807) is 0 Å². The van der Waals surface area contributed by atoms with E-state index in [9.17, 15) is 0 Å². The summed E-state index contributed by atoms with van der Waals surface area (Å²) in [5, 5.41) is 0.0376. The van der Waals surface area contributed by atoms with Gasteiger partial charge in [-0.3, -0.25) is 0 Å². The standard InChI is InChI=1S/C20H40BN/c1-6-7-14-20(4,21)15-13-18(3)19-12-8-10-17(2)11-9-16-22(19)5/h17-19H,6-16H2,1-5H3. The summed E-state index contributed by atoms with van der Waals surface area (Å²) in [4.78, 5) is 2.64. The van der Waals surface area contributed by atoms with Gasteiger partial charge in [-0.2, -0.15) is 0 Å². The Morgan fingerprint density at radius 3 is 2.55 bits per heavy atom. The molecule has 1 aliphatic heterocycles. The molecule has 4 unspecified atom stereocenters. The van der Waals surface area contributed by atoms with Gasteiger partial charge in [-0.15, -0.1) is 0 Å². The Morgan fingerprint density at radius 2 is 1.86 bits per heavy atom. The second kappa shape index (κ2) is 10.0. The molecule has 0 amide bonds. The van der Waals surface area contributed by atoms with Gasteiger partial charge in [0.05, 0.1) is 7.85 Å². The lowest BCUT2D eigenvalue weighted by Gasteiger charge is -2.35. The molecule has 0 aliphatic carbocycles. The van der Waals surface area contributed by atoms with Gasteiger partial charge < -0.3 is 4.90 Å². The Morgan fingerprint density at radius 1 is 1.18 bits per heavy atom. The molecule has 1 fully saturated rings. The smallest absolute Gasteiger partial charge is 0.0742 e. The quantitative estimate of drug-likeness (QED) is 0.534. The van der Waals surface area contributed by atoms with Gasteiger partial charge in [-0.1, -0.05) is 71.5 Å². The van der Waals surface area contributed by atoms with Crippen molar-refractivity contribution >= 4 is 7.85 Å². The molecule has 128 valence electrons. The van der Waals surface area contributed by atoms with Crippen molar-refractivity contribution in [2.24, 2.45) is 11.8 Å². The normalized spacial score (nSPS) is 29.1. The topological polar surface area (TPSA) is 3.24 Å². The lowest BCUT2D eigenvalue weighted by Crippen LogP contribution is -2.37. The second-order valence-electron chi connectivity index (χ2n) is 8.50. The molecule has 1 rings (SSSR count). The maximum Gasteiger partial charge on any atom is 0.0742 e. The van der Waals surface area contributed by atoms with Crippen molar-refractivity contribution in [2.45, 2.75) is 103 Å². The molecule has 1 saturated heterocycles. The molecular formula is C20H40BN. The first-order valence-corrected chi connectivity index (χ1v) is 9.85. The highest BCUT2D eigenvalue weighted by atomic mass is 15.1. The maximum atomic E-state index is 6.50. The number of nitrogens with zero attached hydrogens (tertiary/aromatic N) is 1. The molecule has 0 aromatic heterocycles. The summed E-state index contributed by atoms with van der Waals surface area (Å²) in [6.45, 7) is 10.7. The van der Waals surface area contributed by atoms with E-state index in [1.165, 1.54) is 70.8 Å². The minimum Gasteiger partial charge on any atom is -0.303 e. The summed E-state index contributed by atoms with van der Waals surface area (Å²) in [6, 6.07) is 0.757. The SMILES string of the molecule is [B]C(C)(CCCC)CCC(C)C1CCCC(C)CCCN1C. The average molecular weight is 305 g/mol. The van der Waals surface area contributed by atoms with Crippen molar-refractivity contribution in [2.75, 3.05) is 13.6 Å². The molecule has 0 aromatic carbocycles. The van der Waals surface area contributed by atoms with Crippen LogP contribution in [0.4, 0.5) is 0 Å². The summed E-state index contributed by atoms with van der Waals surface area (Å²) in [7, 11) is 8.84. The molecular weight excluding hydrogens is 265 g/mol. The number of hydrogen-bond acceptors (Lipinski definition) is 1. The van der Waals surface area contributed by atoms with Crippen LogP contribution in [0.1, 0.15) is 91.9 Å². The van der Waals surface area contributed by atoms with E-state index < -0.39 is 0 Å². The van der Waals surface area contributed by atoms with Crippen molar-refractivity contribution in [1.82, 2.24) is 4.90 Å². The van der Waals surface area contributed by atoms with Crippen molar-refractivity contribution in [3.63, 3.8) is 0 Å². The van der Waals surface area contributed by atoms with Crippen LogP contribution in [0, 0.1) is 11.8 Å². The molecule has 1 heterocycles. The molecule has 1 aliphatic rings. The van der Waals surface area contributed by atoms with Gasteiger partial charge in [0.2, 0.25) is 0 Å². The Balaban J connectivity index is 2.48. The fourth-order valence-electron chi connectivity index (χ4n) is 4.07. The van der Waals surface area contributed by atoms with Crippen LogP contribution in [0.5, 0.6) is 0 Å². The van der Waals surface area contributed by atoms with E-state index in [0.717, 1.165) is 17.9 Å². The molecule has 0 N–H and O–H groups in total. The molecule has 2 heteroatoms. The minimum atomic E-state index is 0.0376. The third-order valence-electron chi connectivity index (χ3n) is 5.90. The molecule has 2 radical (unpaired) electrons. The monoisotopic (exact) mass is 305 g/mol. The zero-order valence-corrected chi connectivity index (χ0v) is 16.0. The highest BCUT2D eigenvalue weighted by Gasteiger charge is 2.25. The molecule has 4 atom stereocenters. The first-order chi connectivity index (χ1) is 10.4. The van der Waals surface area contributed by atoms with E-state index in [2.05, 4.69) is 39.6 Å². The van der Waals surface area contributed by atoms with Crippen molar-refractivity contribution in [3.8, 4) is 0 Å². The van der Waals surface area contributed by atoms with Crippen LogP contribution >= 0.6 is 0 Å². The van der Waals surface area contributed by atoms with Gasteiger partial charge >= 0.3 is 0 Å². The summed E-state index contributed by atoms with van der Waals surface area (Å²) >= 11 is 0. The van der Waals surface area contributed by atoms with E-state index in [1.807, 2.05) is 0 Å². The Hall–Kier alpha value is 0.0249. The van der Waals surface area contributed by atoms with Gasteiger partial charge in [0.15, 0.2) is 0 Å². The van der Waals surface area contributed by atoms with Crippen LogP contribution in [0.15, 0.2) is 0 Å². The molecule has 0 spiro atoms. The zero-order chi connectivity index (χ0) is 16.6. The second-order valence-corrected chi connectivity index (χ2v) is 8.50. The average Bonchev–Trinajstić information content (AvgIpc) is 2.54. The first kappa shape index (κ1) is 20.1. The van der Waals surface area contributed by atoms with Gasteiger partial charge in [0.25, 0.3) is 0 Å². The number of rotatable bonds is 7. The Bertz CT molecular complexity index is 289. The first-order valence-electron chi connectivity index (χ1n) is 9.85. The highest BCUT2D eigenvalue weighted by Crippen LogP contribution is 2.36. The molecule has 22 heavy (non-hydrogen) atoms. The molecule has 0 bridgehead atoms. The van der Waals surface area contributed by atoms with E-state index in [0.29, 0.717) is 0 Å². The largest absolute Gasteiger partial charge is 0.303 e. The van der Waals surface area contributed by atoms with Crippen LogP contribution in [-0.4, -0.2) is 32.4 Å². The van der Waals surface area contributed by atoms with Crippen molar-refractivity contribution in [3.05, 3.63) is 0 Å². The summed E-state index contributed by atoms with van der Waals surface area (Å²) in [6.07, 6.45) is 13.1. The predicted octanol–water partition coefficient (Wildman–Crippen LogP) is 5.84. The lowest BCUT2D eigenvalue weighted by atomic mass is 9.63. The third kappa shape index (κ3) is 7.53. The summed E-state index contributed by atoms with van der Waals surface area (Å²) in [5.41, 5.74) is 0. The highest BCUT2D eigenvalue weighted by molar-refractivity contribution is 6.14. The summed E-state index contributed by atoms with van der Waals surface area (Å²) in [5.74, 6) is 1.69. The summed E-state index contributed by atoms with van der Waals surface area (Å²) < 4.78 is 0. The third-order valence-corrected chi connectivity index (χ3v) is 5.90. The number of hydrogen-bond donors (Lipinski definition) is 0. The zero-order valence-electron chi connectivity index (χ0n) is 16.0.